The van der Waals surface area contributed by atoms with E-state index in [9.17, 15) is 4.79 Å². The molecular formula is C13H19N3O. The summed E-state index contributed by atoms with van der Waals surface area (Å²) in [6.45, 7) is 3.93. The van der Waals surface area contributed by atoms with Crippen molar-refractivity contribution in [1.82, 2.24) is 9.88 Å². The lowest BCUT2D eigenvalue weighted by Gasteiger charge is -2.20. The predicted octanol–water partition coefficient (Wildman–Crippen LogP) is 2.20. The maximum Gasteiger partial charge on any atom is 0.210 e. The van der Waals surface area contributed by atoms with Gasteiger partial charge in [0.2, 0.25) is 6.41 Å². The van der Waals surface area contributed by atoms with E-state index in [-0.39, 0.29) is 6.04 Å². The van der Waals surface area contributed by atoms with E-state index < -0.39 is 0 Å². The second-order valence-corrected chi connectivity index (χ2v) is 4.40. The van der Waals surface area contributed by atoms with E-state index in [4.69, 9.17) is 0 Å². The number of rotatable bonds is 5. The number of hydrogen-bond acceptors (Lipinski definition) is 3. The quantitative estimate of drug-likeness (QED) is 0.793. The minimum atomic E-state index is 0.222. The van der Waals surface area contributed by atoms with Gasteiger partial charge >= 0.3 is 0 Å². The molecule has 1 unspecified atom stereocenters. The Kier molecular flexibility index (Phi) is 3.96. The molecule has 1 fully saturated rings. The molecule has 0 spiro atoms. The van der Waals surface area contributed by atoms with Crippen LogP contribution in [0.1, 0.15) is 37.8 Å². The van der Waals surface area contributed by atoms with Gasteiger partial charge in [-0.2, -0.15) is 0 Å². The van der Waals surface area contributed by atoms with Crippen molar-refractivity contribution in [2.75, 3.05) is 18.4 Å². The third-order valence-electron chi connectivity index (χ3n) is 3.16. The van der Waals surface area contributed by atoms with Gasteiger partial charge in [-0.05, 0) is 30.9 Å². The van der Waals surface area contributed by atoms with Crippen molar-refractivity contribution in [2.45, 2.75) is 32.2 Å². The second kappa shape index (κ2) is 5.66. The van der Waals surface area contributed by atoms with Crippen molar-refractivity contribution >= 4 is 12.2 Å². The highest BCUT2D eigenvalue weighted by atomic mass is 16.1. The number of anilines is 1. The minimum Gasteiger partial charge on any atom is -0.370 e. The molecule has 17 heavy (non-hydrogen) atoms. The molecule has 1 N–H and O–H groups in total. The highest BCUT2D eigenvalue weighted by Crippen LogP contribution is 2.30. The first kappa shape index (κ1) is 11.9. The Morgan fingerprint density at radius 2 is 2.47 bits per heavy atom. The molecule has 4 nitrogen and oxygen atoms in total. The van der Waals surface area contributed by atoms with Crippen LogP contribution in [0.4, 0.5) is 5.82 Å². The largest absolute Gasteiger partial charge is 0.370 e. The zero-order chi connectivity index (χ0) is 12.1. The number of carbonyl (C=O) groups excluding carboxylic acids is 1. The Hall–Kier alpha value is -1.58. The van der Waals surface area contributed by atoms with E-state index in [1.165, 1.54) is 0 Å². The van der Waals surface area contributed by atoms with E-state index in [0.29, 0.717) is 0 Å². The second-order valence-electron chi connectivity index (χ2n) is 4.40. The fraction of sp³-hybridized carbons (Fsp3) is 0.538. The Bertz CT molecular complexity index is 363. The van der Waals surface area contributed by atoms with E-state index in [1.54, 1.807) is 0 Å². The topological polar surface area (TPSA) is 45.2 Å². The molecule has 92 valence electrons. The molecule has 1 aliphatic heterocycles. The van der Waals surface area contributed by atoms with Crippen LogP contribution in [0, 0.1) is 0 Å². The number of amides is 1. The summed E-state index contributed by atoms with van der Waals surface area (Å²) >= 11 is 0. The monoisotopic (exact) mass is 233 g/mol. The third kappa shape index (κ3) is 2.75. The molecule has 1 amide bonds. The number of aromatic nitrogens is 1. The van der Waals surface area contributed by atoms with Crippen molar-refractivity contribution in [3.8, 4) is 0 Å². The summed E-state index contributed by atoms with van der Waals surface area (Å²) < 4.78 is 0. The Balaban J connectivity index is 2.04. The maximum atomic E-state index is 10.9. The van der Waals surface area contributed by atoms with Gasteiger partial charge < -0.3 is 10.2 Å². The van der Waals surface area contributed by atoms with Gasteiger partial charge in [-0.15, -0.1) is 0 Å². The van der Waals surface area contributed by atoms with Gasteiger partial charge in [0.25, 0.3) is 0 Å². The van der Waals surface area contributed by atoms with E-state index in [0.717, 1.165) is 50.1 Å². The van der Waals surface area contributed by atoms with E-state index in [1.807, 2.05) is 17.2 Å². The minimum absolute atomic E-state index is 0.222. The average Bonchev–Trinajstić information content (AvgIpc) is 2.85. The Labute approximate surface area is 102 Å². The summed E-state index contributed by atoms with van der Waals surface area (Å²) in [5.41, 5.74) is 1.14. The molecule has 2 heterocycles. The number of hydrogen-bond donors (Lipinski definition) is 1. The Morgan fingerprint density at radius 3 is 3.12 bits per heavy atom. The van der Waals surface area contributed by atoms with Crippen LogP contribution in [0.5, 0.6) is 0 Å². The molecule has 4 heteroatoms. The summed E-state index contributed by atoms with van der Waals surface area (Å²) in [5.74, 6) is 0.909. The highest BCUT2D eigenvalue weighted by molar-refractivity contribution is 5.49. The molecule has 0 aromatic carbocycles. The van der Waals surface area contributed by atoms with Gasteiger partial charge in [-0.1, -0.05) is 13.0 Å². The lowest BCUT2D eigenvalue weighted by molar-refractivity contribution is -0.118. The molecule has 0 saturated carbocycles. The van der Waals surface area contributed by atoms with Gasteiger partial charge in [0.05, 0.1) is 6.04 Å². The van der Waals surface area contributed by atoms with Crippen molar-refractivity contribution < 1.29 is 4.79 Å². The molecule has 1 aliphatic rings. The first-order chi connectivity index (χ1) is 8.35. The number of nitrogens with zero attached hydrogens (tertiary/aromatic N) is 2. The van der Waals surface area contributed by atoms with Crippen LogP contribution in [-0.4, -0.2) is 29.4 Å². The fourth-order valence-electron chi connectivity index (χ4n) is 2.23. The van der Waals surface area contributed by atoms with Crippen LogP contribution in [0.15, 0.2) is 18.3 Å². The number of pyridine rings is 1. The summed E-state index contributed by atoms with van der Waals surface area (Å²) in [5, 5.41) is 3.24. The van der Waals surface area contributed by atoms with Gasteiger partial charge in [-0.25, -0.2) is 4.98 Å². The van der Waals surface area contributed by atoms with Gasteiger partial charge in [-0.3, -0.25) is 4.79 Å². The number of likely N-dealkylation sites (tertiary alicyclic amines) is 1. The van der Waals surface area contributed by atoms with Crippen LogP contribution in [0.3, 0.4) is 0 Å². The average molecular weight is 233 g/mol. The van der Waals surface area contributed by atoms with Gasteiger partial charge in [0.15, 0.2) is 0 Å². The molecule has 1 aromatic rings. The lowest BCUT2D eigenvalue weighted by Crippen LogP contribution is -2.21. The highest BCUT2D eigenvalue weighted by Gasteiger charge is 2.24. The van der Waals surface area contributed by atoms with E-state index in [2.05, 4.69) is 23.3 Å². The maximum absolute atomic E-state index is 10.9. The van der Waals surface area contributed by atoms with Crippen molar-refractivity contribution in [2.24, 2.45) is 0 Å². The first-order valence-corrected chi connectivity index (χ1v) is 6.26. The van der Waals surface area contributed by atoms with Gasteiger partial charge in [0.1, 0.15) is 5.82 Å². The molecule has 1 saturated heterocycles. The standard InChI is InChI=1S/C13H19N3O/c1-2-7-14-13-6-5-11(9-15-13)12-4-3-8-16(12)10-17/h5-6,9-10,12H,2-4,7-8H2,1H3,(H,14,15). The normalized spacial score (nSPS) is 19.4. The Morgan fingerprint density at radius 1 is 1.59 bits per heavy atom. The number of carbonyl (C=O) groups is 1. The zero-order valence-corrected chi connectivity index (χ0v) is 10.2. The fourth-order valence-corrected chi connectivity index (χ4v) is 2.23. The van der Waals surface area contributed by atoms with Crippen LogP contribution >= 0.6 is 0 Å². The van der Waals surface area contributed by atoms with Crippen LogP contribution in [0.25, 0.3) is 0 Å². The van der Waals surface area contributed by atoms with E-state index >= 15 is 0 Å². The molecule has 2 rings (SSSR count). The van der Waals surface area contributed by atoms with Crippen LogP contribution in [0.2, 0.25) is 0 Å². The lowest BCUT2D eigenvalue weighted by atomic mass is 10.1. The molecule has 0 radical (unpaired) electrons. The molecule has 1 atom stereocenters. The molecule has 1 aromatic heterocycles. The molecular weight excluding hydrogens is 214 g/mol. The summed E-state index contributed by atoms with van der Waals surface area (Å²) in [4.78, 5) is 17.1. The van der Waals surface area contributed by atoms with Crippen LogP contribution < -0.4 is 5.32 Å². The molecule has 0 aliphatic carbocycles. The zero-order valence-electron chi connectivity index (χ0n) is 10.2. The SMILES string of the molecule is CCCNc1ccc(C2CCCN2C=O)cn1. The van der Waals surface area contributed by atoms with Crippen LogP contribution in [-0.2, 0) is 4.79 Å². The third-order valence-corrected chi connectivity index (χ3v) is 3.16. The van der Waals surface area contributed by atoms with Crippen molar-refractivity contribution in [1.29, 1.82) is 0 Å². The van der Waals surface area contributed by atoms with Crippen molar-refractivity contribution in [3.05, 3.63) is 23.9 Å². The summed E-state index contributed by atoms with van der Waals surface area (Å²) in [7, 11) is 0. The first-order valence-electron chi connectivity index (χ1n) is 6.26. The summed E-state index contributed by atoms with van der Waals surface area (Å²) in [6, 6.07) is 4.28. The molecule has 0 bridgehead atoms. The smallest absolute Gasteiger partial charge is 0.210 e. The van der Waals surface area contributed by atoms with Crippen molar-refractivity contribution in [3.63, 3.8) is 0 Å². The van der Waals surface area contributed by atoms with Gasteiger partial charge in [0, 0.05) is 19.3 Å². The number of nitrogens with one attached hydrogen (secondary N) is 1. The summed E-state index contributed by atoms with van der Waals surface area (Å²) in [6.07, 6.45) is 6.04. The predicted molar refractivity (Wildman–Crippen MR) is 67.8 cm³/mol.